The molecule has 0 bridgehead atoms. The second kappa shape index (κ2) is 8.92. The second-order valence-corrected chi connectivity index (χ2v) is 9.89. The average molecular weight is 464 g/mol. The van der Waals surface area contributed by atoms with Crippen LogP contribution in [0.5, 0.6) is 5.75 Å². The SMILES string of the molecule is C=CCOc1ccc(C(=O)N(Cc2cccc(Br)c2)C2CCS(=O)(=O)C2)cc1. The highest BCUT2D eigenvalue weighted by Gasteiger charge is 2.35. The van der Waals surface area contributed by atoms with Gasteiger partial charge in [0.05, 0.1) is 11.5 Å². The Morgan fingerprint density at radius 1 is 1.25 bits per heavy atom. The third-order valence-corrected chi connectivity index (χ3v) is 6.86. The van der Waals surface area contributed by atoms with Gasteiger partial charge in [-0.15, -0.1) is 0 Å². The van der Waals surface area contributed by atoms with E-state index in [1.165, 1.54) is 0 Å². The molecule has 148 valence electrons. The summed E-state index contributed by atoms with van der Waals surface area (Å²) in [7, 11) is -3.11. The summed E-state index contributed by atoms with van der Waals surface area (Å²) in [6, 6.07) is 14.2. The van der Waals surface area contributed by atoms with Crippen LogP contribution in [-0.2, 0) is 16.4 Å². The van der Waals surface area contributed by atoms with E-state index in [1.54, 1.807) is 35.2 Å². The maximum absolute atomic E-state index is 13.2. The van der Waals surface area contributed by atoms with Gasteiger partial charge in [-0.25, -0.2) is 8.42 Å². The van der Waals surface area contributed by atoms with Crippen LogP contribution in [0.25, 0.3) is 0 Å². The van der Waals surface area contributed by atoms with Crippen molar-refractivity contribution in [3.8, 4) is 5.75 Å². The van der Waals surface area contributed by atoms with Gasteiger partial charge in [0.15, 0.2) is 9.84 Å². The first-order chi connectivity index (χ1) is 13.4. The Hall–Kier alpha value is -2.12. The molecule has 1 atom stereocenters. The zero-order valence-corrected chi connectivity index (χ0v) is 17.8. The Morgan fingerprint density at radius 3 is 2.61 bits per heavy atom. The van der Waals surface area contributed by atoms with Crippen molar-refractivity contribution in [2.45, 2.75) is 19.0 Å². The molecule has 0 saturated carbocycles. The lowest BCUT2D eigenvalue weighted by Crippen LogP contribution is -2.40. The monoisotopic (exact) mass is 463 g/mol. The van der Waals surface area contributed by atoms with E-state index in [2.05, 4.69) is 22.5 Å². The van der Waals surface area contributed by atoms with Crippen LogP contribution < -0.4 is 4.74 Å². The molecule has 2 aromatic rings. The number of benzene rings is 2. The second-order valence-electron chi connectivity index (χ2n) is 6.74. The minimum absolute atomic E-state index is 0.00721. The summed E-state index contributed by atoms with van der Waals surface area (Å²) in [5.74, 6) is 0.595. The van der Waals surface area contributed by atoms with Gasteiger partial charge in [-0.05, 0) is 48.4 Å². The van der Waals surface area contributed by atoms with Gasteiger partial charge in [-0.2, -0.15) is 0 Å². The summed E-state index contributed by atoms with van der Waals surface area (Å²) in [6.07, 6.45) is 2.11. The van der Waals surface area contributed by atoms with E-state index in [0.717, 1.165) is 10.0 Å². The quantitative estimate of drug-likeness (QED) is 0.585. The molecule has 1 heterocycles. The van der Waals surface area contributed by atoms with Crippen LogP contribution in [-0.4, -0.2) is 43.4 Å². The lowest BCUT2D eigenvalue weighted by atomic mass is 10.1. The van der Waals surface area contributed by atoms with Crippen molar-refractivity contribution in [1.82, 2.24) is 4.90 Å². The van der Waals surface area contributed by atoms with Crippen LogP contribution in [0.15, 0.2) is 65.7 Å². The largest absolute Gasteiger partial charge is 0.490 e. The summed E-state index contributed by atoms with van der Waals surface area (Å²) in [5.41, 5.74) is 1.45. The van der Waals surface area contributed by atoms with Crippen molar-refractivity contribution >= 4 is 31.7 Å². The van der Waals surface area contributed by atoms with Crippen LogP contribution in [0.3, 0.4) is 0 Å². The molecule has 0 spiro atoms. The predicted octanol–water partition coefficient (Wildman–Crippen LogP) is 3.84. The van der Waals surface area contributed by atoms with Gasteiger partial charge in [0.2, 0.25) is 0 Å². The maximum atomic E-state index is 13.2. The first-order valence-corrected chi connectivity index (χ1v) is 11.6. The van der Waals surface area contributed by atoms with Gasteiger partial charge in [0, 0.05) is 22.6 Å². The molecule has 0 radical (unpaired) electrons. The first-order valence-electron chi connectivity index (χ1n) is 8.97. The molecule has 5 nitrogen and oxygen atoms in total. The number of carbonyl (C=O) groups is 1. The summed E-state index contributed by atoms with van der Waals surface area (Å²) < 4.78 is 30.3. The van der Waals surface area contributed by atoms with Gasteiger partial charge in [-0.1, -0.05) is 40.7 Å². The molecule has 28 heavy (non-hydrogen) atoms. The number of hydrogen-bond donors (Lipinski definition) is 0. The predicted molar refractivity (Wildman–Crippen MR) is 113 cm³/mol. The van der Waals surface area contributed by atoms with Crippen LogP contribution in [0.1, 0.15) is 22.3 Å². The zero-order valence-electron chi connectivity index (χ0n) is 15.4. The number of sulfone groups is 1. The van der Waals surface area contributed by atoms with E-state index < -0.39 is 9.84 Å². The number of halogens is 1. The van der Waals surface area contributed by atoms with E-state index in [4.69, 9.17) is 4.74 Å². The Kier molecular flexibility index (Phi) is 6.57. The third-order valence-electron chi connectivity index (χ3n) is 4.62. The number of rotatable bonds is 7. The van der Waals surface area contributed by atoms with Crippen molar-refractivity contribution in [2.75, 3.05) is 18.1 Å². The number of nitrogens with zero attached hydrogens (tertiary/aromatic N) is 1. The van der Waals surface area contributed by atoms with Crippen molar-refractivity contribution in [3.63, 3.8) is 0 Å². The summed E-state index contributed by atoms with van der Waals surface area (Å²) in [6.45, 7) is 4.35. The van der Waals surface area contributed by atoms with E-state index in [-0.39, 0.29) is 23.5 Å². The summed E-state index contributed by atoms with van der Waals surface area (Å²) >= 11 is 3.44. The van der Waals surface area contributed by atoms with Gasteiger partial charge >= 0.3 is 0 Å². The van der Waals surface area contributed by atoms with E-state index in [1.807, 2.05) is 24.3 Å². The number of carbonyl (C=O) groups excluding carboxylic acids is 1. The lowest BCUT2D eigenvalue weighted by molar-refractivity contribution is 0.0681. The molecule has 1 aliphatic heterocycles. The summed E-state index contributed by atoms with van der Waals surface area (Å²) in [4.78, 5) is 14.9. The molecule has 7 heteroatoms. The Balaban J connectivity index is 1.85. The fraction of sp³-hybridized carbons (Fsp3) is 0.286. The first kappa shape index (κ1) is 20.6. The fourth-order valence-electron chi connectivity index (χ4n) is 3.23. The van der Waals surface area contributed by atoms with E-state index in [0.29, 0.717) is 30.9 Å². The minimum Gasteiger partial charge on any atom is -0.490 e. The van der Waals surface area contributed by atoms with Crippen molar-refractivity contribution in [3.05, 3.63) is 76.8 Å². The van der Waals surface area contributed by atoms with Crippen LogP contribution >= 0.6 is 15.9 Å². The van der Waals surface area contributed by atoms with Gasteiger partial charge in [0.25, 0.3) is 5.91 Å². The Labute approximate surface area is 174 Å². The van der Waals surface area contributed by atoms with Crippen LogP contribution in [0, 0.1) is 0 Å². The molecule has 3 rings (SSSR count). The fourth-order valence-corrected chi connectivity index (χ4v) is 5.41. The molecule has 1 amide bonds. The standard InChI is InChI=1S/C21H22BrNO4S/c1-2-11-27-20-8-6-17(7-9-20)21(24)23(19-10-12-28(25,26)15-19)14-16-4-3-5-18(22)13-16/h2-9,13,19H,1,10-12,14-15H2. The van der Waals surface area contributed by atoms with Crippen molar-refractivity contribution in [2.24, 2.45) is 0 Å². The Morgan fingerprint density at radius 2 is 2.00 bits per heavy atom. The number of hydrogen-bond acceptors (Lipinski definition) is 4. The van der Waals surface area contributed by atoms with Crippen molar-refractivity contribution in [1.29, 1.82) is 0 Å². The average Bonchev–Trinajstić information content (AvgIpc) is 3.04. The Bertz CT molecular complexity index is 957. The molecule has 0 N–H and O–H groups in total. The number of amides is 1. The third kappa shape index (κ3) is 5.23. The van der Waals surface area contributed by atoms with Gasteiger partial charge in [-0.3, -0.25) is 4.79 Å². The summed E-state index contributed by atoms with van der Waals surface area (Å²) in [5, 5.41) is 0. The maximum Gasteiger partial charge on any atom is 0.254 e. The molecule has 1 aliphatic rings. The molecule has 1 fully saturated rings. The zero-order chi connectivity index (χ0) is 20.1. The van der Waals surface area contributed by atoms with Gasteiger partial charge in [0.1, 0.15) is 12.4 Å². The van der Waals surface area contributed by atoms with Gasteiger partial charge < -0.3 is 9.64 Å². The lowest BCUT2D eigenvalue weighted by Gasteiger charge is -2.28. The highest BCUT2D eigenvalue weighted by Crippen LogP contribution is 2.24. The minimum atomic E-state index is -3.11. The molecule has 1 unspecified atom stereocenters. The number of ether oxygens (including phenoxy) is 1. The normalized spacial score (nSPS) is 17.8. The smallest absolute Gasteiger partial charge is 0.254 e. The van der Waals surface area contributed by atoms with E-state index in [9.17, 15) is 13.2 Å². The van der Waals surface area contributed by atoms with E-state index >= 15 is 0 Å². The topological polar surface area (TPSA) is 63.7 Å². The molecular weight excluding hydrogens is 442 g/mol. The molecular formula is C21H22BrNO4S. The molecule has 1 saturated heterocycles. The highest BCUT2D eigenvalue weighted by molar-refractivity contribution is 9.10. The molecule has 0 aromatic heterocycles. The van der Waals surface area contributed by atoms with Crippen molar-refractivity contribution < 1.29 is 17.9 Å². The van der Waals surface area contributed by atoms with Crippen LogP contribution in [0.4, 0.5) is 0 Å². The van der Waals surface area contributed by atoms with Crippen LogP contribution in [0.2, 0.25) is 0 Å². The molecule has 0 aliphatic carbocycles. The highest BCUT2D eigenvalue weighted by atomic mass is 79.9. The molecule has 2 aromatic carbocycles.